The summed E-state index contributed by atoms with van der Waals surface area (Å²) >= 11 is 3.51. The van der Waals surface area contributed by atoms with E-state index in [1.807, 2.05) is 18.2 Å². The summed E-state index contributed by atoms with van der Waals surface area (Å²) < 4.78 is 31.3. The molecule has 37 heavy (non-hydrogen) atoms. The minimum Gasteiger partial charge on any atom is -1.00 e. The van der Waals surface area contributed by atoms with Gasteiger partial charge >= 0.3 is 0 Å². The van der Waals surface area contributed by atoms with Crippen LogP contribution >= 0.6 is 15.9 Å². The molecule has 1 aliphatic rings. The molecule has 0 unspecified atom stereocenters. The summed E-state index contributed by atoms with van der Waals surface area (Å²) in [5.74, 6) is -1.65. The third-order valence-electron chi connectivity index (χ3n) is 6.46. The molecule has 0 radical (unpaired) electrons. The number of imide groups is 1. The van der Waals surface area contributed by atoms with E-state index in [2.05, 4.69) is 21.0 Å². The zero-order chi connectivity index (χ0) is 25.2. The van der Waals surface area contributed by atoms with E-state index < -0.39 is 11.6 Å². The van der Waals surface area contributed by atoms with Crippen LogP contribution in [0.2, 0.25) is 0 Å². The highest BCUT2D eigenvalue weighted by Crippen LogP contribution is 2.34. The molecule has 0 spiro atoms. The van der Waals surface area contributed by atoms with Crippen LogP contribution in [0.25, 0.3) is 10.8 Å². The fourth-order valence-electron chi connectivity index (χ4n) is 4.62. The molecular formula is C27H24Br2F2N4O2. The van der Waals surface area contributed by atoms with E-state index in [-0.39, 0.29) is 35.3 Å². The van der Waals surface area contributed by atoms with Crippen molar-refractivity contribution in [3.05, 3.63) is 94.0 Å². The van der Waals surface area contributed by atoms with Crippen LogP contribution in [0.4, 0.5) is 8.78 Å². The monoisotopic (exact) mass is 632 g/mol. The van der Waals surface area contributed by atoms with Crippen molar-refractivity contribution in [1.29, 1.82) is 0 Å². The van der Waals surface area contributed by atoms with E-state index in [0.717, 1.165) is 47.0 Å². The van der Waals surface area contributed by atoms with Gasteiger partial charge in [-0.1, -0.05) is 40.9 Å². The molecule has 1 aliphatic heterocycles. The molecule has 4 aromatic rings. The van der Waals surface area contributed by atoms with Crippen LogP contribution in [0.1, 0.15) is 52.0 Å². The Kier molecular flexibility index (Phi) is 8.49. The van der Waals surface area contributed by atoms with Gasteiger partial charge in [-0.05, 0) is 48.6 Å². The Hall–Kier alpha value is -2.98. The first-order valence-corrected chi connectivity index (χ1v) is 12.6. The molecule has 0 fully saturated rings. The van der Waals surface area contributed by atoms with Crippen LogP contribution in [0, 0.1) is 11.6 Å². The first-order valence-electron chi connectivity index (χ1n) is 11.9. The maximum atomic E-state index is 13.9. The number of unbranched alkanes of at least 4 members (excludes halogenated alkanes) is 3. The molecule has 192 valence electrons. The number of aryl methyl sites for hydroxylation is 1. The van der Waals surface area contributed by atoms with Crippen LogP contribution in [0.15, 0.2) is 65.7 Å². The van der Waals surface area contributed by atoms with Gasteiger partial charge in [0.25, 0.3) is 18.1 Å². The first-order chi connectivity index (χ1) is 17.4. The van der Waals surface area contributed by atoms with E-state index in [4.69, 9.17) is 0 Å². The number of halogens is 4. The fourth-order valence-corrected chi connectivity index (χ4v) is 5.08. The number of amides is 2. The highest BCUT2D eigenvalue weighted by atomic mass is 79.9. The minimum absolute atomic E-state index is 0. The SMILES string of the molecule is O=C1c2cccc3c(Br)ccc(c23)C(=O)N1CCCCCCn1c[n+](Cc2ccc(F)cc2F)cn1.[Br-]. The average molecular weight is 634 g/mol. The molecule has 5 rings (SSSR count). The lowest BCUT2D eigenvalue weighted by Gasteiger charge is -2.27. The van der Waals surface area contributed by atoms with Gasteiger partial charge in [0.2, 0.25) is 6.33 Å². The van der Waals surface area contributed by atoms with Gasteiger partial charge in [0.1, 0.15) is 18.2 Å². The normalized spacial score (nSPS) is 12.8. The number of carbonyl (C=O) groups excluding carboxylic acids is 2. The summed E-state index contributed by atoms with van der Waals surface area (Å²) in [6.45, 7) is 1.36. The van der Waals surface area contributed by atoms with Crippen molar-refractivity contribution in [2.24, 2.45) is 0 Å². The molecule has 0 atom stereocenters. The lowest BCUT2D eigenvalue weighted by Crippen LogP contribution is -3.00. The minimum atomic E-state index is -0.596. The molecule has 10 heteroatoms. The van der Waals surface area contributed by atoms with Crippen LogP contribution in [-0.4, -0.2) is 33.0 Å². The predicted octanol–water partition coefficient (Wildman–Crippen LogP) is 2.27. The first kappa shape index (κ1) is 27.1. The van der Waals surface area contributed by atoms with Crippen LogP contribution in [0.3, 0.4) is 0 Å². The average Bonchev–Trinajstić information content (AvgIpc) is 3.31. The molecule has 3 aromatic carbocycles. The van der Waals surface area contributed by atoms with Crippen molar-refractivity contribution >= 4 is 38.5 Å². The third kappa shape index (κ3) is 5.65. The van der Waals surface area contributed by atoms with Gasteiger partial charge in [0, 0.05) is 44.3 Å². The lowest BCUT2D eigenvalue weighted by molar-refractivity contribution is -0.689. The second-order valence-corrected chi connectivity index (χ2v) is 9.77. The molecule has 0 saturated carbocycles. The quantitative estimate of drug-likeness (QED) is 0.162. The molecule has 0 aliphatic carbocycles. The van der Waals surface area contributed by atoms with Crippen molar-refractivity contribution in [3.63, 3.8) is 0 Å². The number of carbonyl (C=O) groups is 2. The zero-order valence-corrected chi connectivity index (χ0v) is 23.0. The number of aromatic nitrogens is 3. The van der Waals surface area contributed by atoms with Gasteiger partial charge in [0.05, 0.1) is 6.54 Å². The van der Waals surface area contributed by atoms with E-state index in [0.29, 0.717) is 29.8 Å². The molecular weight excluding hydrogens is 610 g/mol. The van der Waals surface area contributed by atoms with Crippen molar-refractivity contribution in [2.75, 3.05) is 6.54 Å². The Balaban J connectivity index is 0.00000320. The summed E-state index contributed by atoms with van der Waals surface area (Å²) in [5.41, 5.74) is 1.53. The van der Waals surface area contributed by atoms with Crippen LogP contribution in [0.5, 0.6) is 0 Å². The van der Waals surface area contributed by atoms with Gasteiger partial charge in [-0.15, -0.1) is 4.68 Å². The van der Waals surface area contributed by atoms with Crippen molar-refractivity contribution in [1.82, 2.24) is 14.7 Å². The van der Waals surface area contributed by atoms with Crippen molar-refractivity contribution in [2.45, 2.75) is 38.8 Å². The Morgan fingerprint density at radius 1 is 0.892 bits per heavy atom. The van der Waals surface area contributed by atoms with Crippen molar-refractivity contribution in [3.8, 4) is 0 Å². The lowest BCUT2D eigenvalue weighted by atomic mass is 9.94. The van der Waals surface area contributed by atoms with E-state index >= 15 is 0 Å². The number of nitrogens with zero attached hydrogens (tertiary/aromatic N) is 4. The number of hydrogen-bond acceptors (Lipinski definition) is 3. The molecule has 6 nitrogen and oxygen atoms in total. The maximum Gasteiger partial charge on any atom is 0.265 e. The number of rotatable bonds is 9. The molecule has 0 saturated heterocycles. The van der Waals surface area contributed by atoms with Gasteiger partial charge in [-0.3, -0.25) is 14.5 Å². The summed E-state index contributed by atoms with van der Waals surface area (Å²) in [6.07, 6.45) is 6.81. The maximum absolute atomic E-state index is 13.9. The standard InChI is InChI=1S/C27H24BrF2N4O2.BrH/c28-23-11-10-22-25-20(23)6-5-7-21(25)26(35)34(27(22)36)13-4-2-1-3-12-33-17-32(16-31-33)15-18-8-9-19(29)14-24(18)30;/h5-11,14,16-17H,1-4,12-13,15H2;1H/q+1;/p-1. The largest absolute Gasteiger partial charge is 1.00 e. The van der Waals surface area contributed by atoms with E-state index in [9.17, 15) is 18.4 Å². The zero-order valence-electron chi connectivity index (χ0n) is 19.8. The second-order valence-electron chi connectivity index (χ2n) is 8.92. The van der Waals surface area contributed by atoms with Crippen molar-refractivity contribution < 1.29 is 39.9 Å². The number of benzene rings is 3. The topological polar surface area (TPSA) is 59.1 Å². The molecule has 2 heterocycles. The Labute approximate surface area is 231 Å². The Morgan fingerprint density at radius 3 is 2.38 bits per heavy atom. The van der Waals surface area contributed by atoms with Gasteiger partial charge < -0.3 is 17.0 Å². The van der Waals surface area contributed by atoms with E-state index in [1.54, 1.807) is 34.0 Å². The molecule has 0 bridgehead atoms. The molecule has 0 N–H and O–H groups in total. The summed E-state index contributed by atoms with van der Waals surface area (Å²) in [4.78, 5) is 27.4. The number of hydrogen-bond donors (Lipinski definition) is 0. The highest BCUT2D eigenvalue weighted by Gasteiger charge is 2.32. The second kappa shape index (κ2) is 11.6. The van der Waals surface area contributed by atoms with E-state index in [1.165, 1.54) is 17.0 Å². The Morgan fingerprint density at radius 2 is 1.62 bits per heavy atom. The Bertz CT molecular complexity index is 1450. The molecule has 1 aromatic heterocycles. The summed E-state index contributed by atoms with van der Waals surface area (Å²) in [6, 6.07) is 12.7. The smallest absolute Gasteiger partial charge is 0.265 e. The summed E-state index contributed by atoms with van der Waals surface area (Å²) in [7, 11) is 0. The summed E-state index contributed by atoms with van der Waals surface area (Å²) in [5, 5.41) is 5.89. The van der Waals surface area contributed by atoms with Crippen LogP contribution < -0.4 is 21.5 Å². The fraction of sp³-hybridized carbons (Fsp3) is 0.259. The van der Waals surface area contributed by atoms with Gasteiger partial charge in [-0.25, -0.2) is 13.3 Å². The van der Waals surface area contributed by atoms with Crippen LogP contribution in [-0.2, 0) is 13.1 Å². The predicted molar refractivity (Wildman–Crippen MR) is 133 cm³/mol. The van der Waals surface area contributed by atoms with Gasteiger partial charge in [-0.2, -0.15) is 0 Å². The third-order valence-corrected chi connectivity index (χ3v) is 7.15. The van der Waals surface area contributed by atoms with Gasteiger partial charge in [0.15, 0.2) is 0 Å². The molecule has 2 amide bonds. The highest BCUT2D eigenvalue weighted by molar-refractivity contribution is 9.10.